The number of nitrogens with zero attached hydrogens (tertiary/aromatic N) is 5. The fourth-order valence-corrected chi connectivity index (χ4v) is 3.09. The smallest absolute Gasteiger partial charge is 0.0693 e. The molecule has 0 aliphatic carbocycles. The van der Waals surface area contributed by atoms with Crippen LogP contribution in [0.2, 0.25) is 0 Å². The molecule has 5 heteroatoms. The zero-order valence-electron chi connectivity index (χ0n) is 10.5. The molecule has 94 valence electrons. The summed E-state index contributed by atoms with van der Waals surface area (Å²) in [4.78, 5) is 5.08. The van der Waals surface area contributed by atoms with Gasteiger partial charge in [0, 0.05) is 25.3 Å². The Kier molecular flexibility index (Phi) is 3.11. The lowest BCUT2D eigenvalue weighted by Crippen LogP contribution is -2.42. The predicted molar refractivity (Wildman–Crippen MR) is 65.8 cm³/mol. The summed E-state index contributed by atoms with van der Waals surface area (Å²) in [5.74, 6) is 0. The van der Waals surface area contributed by atoms with E-state index in [0.717, 1.165) is 12.6 Å². The van der Waals surface area contributed by atoms with Gasteiger partial charge in [0.15, 0.2) is 0 Å². The first kappa shape index (κ1) is 11.2. The van der Waals surface area contributed by atoms with E-state index in [1.54, 1.807) is 6.20 Å². The molecule has 0 bridgehead atoms. The molecule has 1 aromatic rings. The van der Waals surface area contributed by atoms with Crippen molar-refractivity contribution < 1.29 is 0 Å². The second-order valence-electron chi connectivity index (χ2n) is 5.35. The van der Waals surface area contributed by atoms with Crippen molar-refractivity contribution in [2.75, 3.05) is 33.2 Å². The molecule has 2 fully saturated rings. The highest BCUT2D eigenvalue weighted by Gasteiger charge is 2.30. The van der Waals surface area contributed by atoms with E-state index in [1.165, 1.54) is 38.9 Å². The summed E-state index contributed by atoms with van der Waals surface area (Å²) >= 11 is 0. The van der Waals surface area contributed by atoms with E-state index in [2.05, 4.69) is 27.2 Å². The van der Waals surface area contributed by atoms with E-state index < -0.39 is 0 Å². The first-order valence-electron chi connectivity index (χ1n) is 6.61. The molecular weight excluding hydrogens is 214 g/mol. The van der Waals surface area contributed by atoms with Crippen molar-refractivity contribution in [2.45, 2.75) is 31.3 Å². The van der Waals surface area contributed by atoms with Crippen LogP contribution in [0.5, 0.6) is 0 Å². The quantitative estimate of drug-likeness (QED) is 0.753. The summed E-state index contributed by atoms with van der Waals surface area (Å²) in [5.41, 5.74) is 0. The average molecular weight is 235 g/mol. The third kappa shape index (κ3) is 2.35. The Morgan fingerprint density at radius 1 is 1.06 bits per heavy atom. The fraction of sp³-hybridized carbons (Fsp3) is 0.833. The van der Waals surface area contributed by atoms with Gasteiger partial charge in [-0.15, -0.1) is 5.10 Å². The Labute approximate surface area is 102 Å². The van der Waals surface area contributed by atoms with Crippen LogP contribution in [0.15, 0.2) is 12.4 Å². The number of hydrogen-bond acceptors (Lipinski definition) is 4. The molecule has 0 N–H and O–H groups in total. The van der Waals surface area contributed by atoms with E-state index in [9.17, 15) is 0 Å². The molecule has 0 saturated carbocycles. The maximum absolute atomic E-state index is 4.12. The van der Waals surface area contributed by atoms with Crippen LogP contribution in [0, 0.1) is 0 Å². The van der Waals surface area contributed by atoms with Crippen LogP contribution < -0.4 is 0 Å². The van der Waals surface area contributed by atoms with Gasteiger partial charge in [0.1, 0.15) is 0 Å². The largest absolute Gasteiger partial charge is 0.306 e. The standard InChI is InChI=1S/C12H21N5/c1-15-6-2-11(3-7-15)16-8-4-12(10-16)17-9-5-13-14-17/h5,9,11-12H,2-4,6-8,10H2,1H3. The van der Waals surface area contributed by atoms with Crippen LogP contribution in [0.4, 0.5) is 0 Å². The van der Waals surface area contributed by atoms with Crippen molar-refractivity contribution >= 4 is 0 Å². The normalized spacial score (nSPS) is 28.9. The molecule has 0 amide bonds. The lowest BCUT2D eigenvalue weighted by Gasteiger charge is -2.35. The van der Waals surface area contributed by atoms with Crippen molar-refractivity contribution in [3.8, 4) is 0 Å². The SMILES string of the molecule is CN1CCC(N2CCC(n3ccnn3)C2)CC1. The van der Waals surface area contributed by atoms with E-state index in [1.807, 2.05) is 10.9 Å². The third-order valence-electron chi connectivity index (χ3n) is 4.21. The zero-order chi connectivity index (χ0) is 11.7. The van der Waals surface area contributed by atoms with Gasteiger partial charge in [-0.25, -0.2) is 4.68 Å². The number of hydrogen-bond donors (Lipinski definition) is 0. The highest BCUT2D eigenvalue weighted by Crippen LogP contribution is 2.26. The summed E-state index contributed by atoms with van der Waals surface area (Å²) in [5, 5.41) is 8.02. The molecule has 1 atom stereocenters. The van der Waals surface area contributed by atoms with Gasteiger partial charge in [-0.05, 0) is 39.4 Å². The highest BCUT2D eigenvalue weighted by atomic mass is 15.4. The molecular formula is C12H21N5. The van der Waals surface area contributed by atoms with E-state index in [0.29, 0.717) is 6.04 Å². The summed E-state index contributed by atoms with van der Waals surface area (Å²) in [7, 11) is 2.22. The van der Waals surface area contributed by atoms with Gasteiger partial charge in [-0.1, -0.05) is 5.21 Å². The number of likely N-dealkylation sites (tertiary alicyclic amines) is 2. The highest BCUT2D eigenvalue weighted by molar-refractivity contribution is 4.87. The molecule has 3 heterocycles. The lowest BCUT2D eigenvalue weighted by molar-refractivity contribution is 0.139. The zero-order valence-corrected chi connectivity index (χ0v) is 10.5. The monoisotopic (exact) mass is 235 g/mol. The summed E-state index contributed by atoms with van der Waals surface area (Å²) in [6.45, 7) is 4.86. The molecule has 1 unspecified atom stereocenters. The Bertz CT molecular complexity index is 342. The minimum atomic E-state index is 0.539. The Hall–Kier alpha value is -0.940. The average Bonchev–Trinajstić information content (AvgIpc) is 3.00. The second-order valence-corrected chi connectivity index (χ2v) is 5.35. The topological polar surface area (TPSA) is 37.2 Å². The lowest BCUT2D eigenvalue weighted by atomic mass is 10.0. The number of piperidine rings is 1. The maximum atomic E-state index is 4.12. The van der Waals surface area contributed by atoms with Crippen LogP contribution in [0.3, 0.4) is 0 Å². The Morgan fingerprint density at radius 3 is 2.53 bits per heavy atom. The summed E-state index contributed by atoms with van der Waals surface area (Å²) in [6, 6.07) is 1.33. The first-order chi connectivity index (χ1) is 8.33. The van der Waals surface area contributed by atoms with E-state index >= 15 is 0 Å². The van der Waals surface area contributed by atoms with Crippen molar-refractivity contribution in [1.82, 2.24) is 24.8 Å². The Balaban J connectivity index is 1.57. The number of aromatic nitrogens is 3. The second kappa shape index (κ2) is 4.74. The van der Waals surface area contributed by atoms with Gasteiger partial charge in [-0.2, -0.15) is 0 Å². The minimum absolute atomic E-state index is 0.539. The predicted octanol–water partition coefficient (Wildman–Crippen LogP) is 0.619. The van der Waals surface area contributed by atoms with E-state index in [4.69, 9.17) is 0 Å². The molecule has 17 heavy (non-hydrogen) atoms. The molecule has 0 spiro atoms. The first-order valence-corrected chi connectivity index (χ1v) is 6.61. The molecule has 2 aliphatic rings. The molecule has 0 aromatic carbocycles. The van der Waals surface area contributed by atoms with Gasteiger partial charge in [0.2, 0.25) is 0 Å². The Morgan fingerprint density at radius 2 is 1.82 bits per heavy atom. The fourth-order valence-electron chi connectivity index (χ4n) is 3.09. The summed E-state index contributed by atoms with van der Waals surface area (Å²) in [6.07, 6.45) is 7.62. The third-order valence-corrected chi connectivity index (χ3v) is 4.21. The molecule has 5 nitrogen and oxygen atoms in total. The molecule has 0 radical (unpaired) electrons. The van der Waals surface area contributed by atoms with Crippen LogP contribution in [-0.4, -0.2) is 64.1 Å². The molecule has 3 rings (SSSR count). The van der Waals surface area contributed by atoms with Crippen molar-refractivity contribution in [1.29, 1.82) is 0 Å². The van der Waals surface area contributed by atoms with Crippen molar-refractivity contribution in [2.24, 2.45) is 0 Å². The van der Waals surface area contributed by atoms with Crippen molar-refractivity contribution in [3.05, 3.63) is 12.4 Å². The van der Waals surface area contributed by atoms with Crippen LogP contribution in [0.1, 0.15) is 25.3 Å². The maximum Gasteiger partial charge on any atom is 0.0693 e. The van der Waals surface area contributed by atoms with Crippen LogP contribution >= 0.6 is 0 Å². The van der Waals surface area contributed by atoms with Crippen LogP contribution in [-0.2, 0) is 0 Å². The van der Waals surface area contributed by atoms with Gasteiger partial charge in [0.05, 0.1) is 12.2 Å². The van der Waals surface area contributed by atoms with Gasteiger partial charge in [-0.3, -0.25) is 4.90 Å². The molecule has 1 aromatic heterocycles. The van der Waals surface area contributed by atoms with Gasteiger partial charge < -0.3 is 4.90 Å². The van der Waals surface area contributed by atoms with E-state index in [-0.39, 0.29) is 0 Å². The van der Waals surface area contributed by atoms with Gasteiger partial charge >= 0.3 is 0 Å². The summed E-state index contributed by atoms with van der Waals surface area (Å²) < 4.78 is 2.02. The van der Waals surface area contributed by atoms with Crippen molar-refractivity contribution in [3.63, 3.8) is 0 Å². The van der Waals surface area contributed by atoms with Gasteiger partial charge in [0.25, 0.3) is 0 Å². The van der Waals surface area contributed by atoms with Crippen LogP contribution in [0.25, 0.3) is 0 Å². The number of rotatable bonds is 2. The molecule has 2 aliphatic heterocycles. The minimum Gasteiger partial charge on any atom is -0.306 e. The molecule has 2 saturated heterocycles.